The largest absolute Gasteiger partial charge is 0.481 e. The van der Waals surface area contributed by atoms with Gasteiger partial charge in [-0.3, -0.25) is 14.2 Å². The van der Waals surface area contributed by atoms with Crippen molar-refractivity contribution in [1.82, 2.24) is 9.55 Å². The third-order valence-electron chi connectivity index (χ3n) is 2.56. The Hall–Kier alpha value is -2.28. The number of nitrogens with one attached hydrogen (secondary N) is 1. The fourth-order valence-electron chi connectivity index (χ4n) is 1.83. The molecule has 1 aromatic heterocycles. The Morgan fingerprint density at radius 3 is 2.86 bits per heavy atom. The summed E-state index contributed by atoms with van der Waals surface area (Å²) in [4.78, 5) is 26.1. The van der Waals surface area contributed by atoms with Crippen LogP contribution in [0.25, 0.3) is 5.69 Å². The molecular formula is C14H15N3O3S. The van der Waals surface area contributed by atoms with Crippen molar-refractivity contribution in [2.24, 2.45) is 0 Å². The van der Waals surface area contributed by atoms with E-state index in [1.807, 2.05) is 35.9 Å². The molecule has 7 heteroatoms. The van der Waals surface area contributed by atoms with E-state index in [4.69, 9.17) is 5.11 Å². The van der Waals surface area contributed by atoms with Crippen molar-refractivity contribution in [2.75, 3.05) is 11.1 Å². The number of thioether (sulfide) groups is 1. The number of nitrogens with zero attached hydrogens (tertiary/aromatic N) is 2. The zero-order chi connectivity index (χ0) is 15.4. The summed E-state index contributed by atoms with van der Waals surface area (Å²) in [6.07, 6.45) is 1.83. The second kappa shape index (κ2) is 6.45. The van der Waals surface area contributed by atoms with Crippen molar-refractivity contribution in [3.05, 3.63) is 36.2 Å². The lowest BCUT2D eigenvalue weighted by atomic mass is 10.2. The minimum Gasteiger partial charge on any atom is -0.481 e. The van der Waals surface area contributed by atoms with E-state index in [-0.39, 0.29) is 11.7 Å². The van der Waals surface area contributed by atoms with Gasteiger partial charge in [-0.05, 0) is 25.1 Å². The van der Waals surface area contributed by atoms with Crippen molar-refractivity contribution in [2.45, 2.75) is 19.0 Å². The Bertz CT molecular complexity index is 682. The van der Waals surface area contributed by atoms with Gasteiger partial charge in [-0.1, -0.05) is 17.8 Å². The van der Waals surface area contributed by atoms with E-state index in [0.717, 1.165) is 23.1 Å². The Morgan fingerprint density at radius 2 is 2.19 bits per heavy atom. The van der Waals surface area contributed by atoms with Crippen LogP contribution in [0.5, 0.6) is 0 Å². The molecule has 0 aliphatic heterocycles. The highest BCUT2D eigenvalue weighted by Crippen LogP contribution is 2.23. The number of carboxylic acid groups (broad SMARTS) is 1. The van der Waals surface area contributed by atoms with Crippen LogP contribution in [-0.2, 0) is 9.59 Å². The Balaban J connectivity index is 2.32. The van der Waals surface area contributed by atoms with Crippen LogP contribution in [0.3, 0.4) is 0 Å². The van der Waals surface area contributed by atoms with Gasteiger partial charge in [0.1, 0.15) is 0 Å². The number of amides is 1. The Kier molecular flexibility index (Phi) is 4.64. The van der Waals surface area contributed by atoms with Gasteiger partial charge in [0.2, 0.25) is 5.91 Å². The third kappa shape index (κ3) is 4.09. The predicted octanol–water partition coefficient (Wildman–Crippen LogP) is 2.32. The monoisotopic (exact) mass is 305 g/mol. The van der Waals surface area contributed by atoms with Crippen LogP contribution in [0.2, 0.25) is 0 Å². The lowest BCUT2D eigenvalue weighted by Gasteiger charge is -2.09. The maximum Gasteiger partial charge on any atom is 0.313 e. The van der Waals surface area contributed by atoms with E-state index in [1.165, 1.54) is 6.92 Å². The number of aryl methyl sites for hydroxylation is 1. The summed E-state index contributed by atoms with van der Waals surface area (Å²) in [6, 6.07) is 7.30. The molecule has 0 saturated carbocycles. The van der Waals surface area contributed by atoms with Gasteiger partial charge in [0.25, 0.3) is 0 Å². The molecule has 0 aliphatic carbocycles. The molecule has 110 valence electrons. The number of aliphatic carboxylic acids is 1. The highest BCUT2D eigenvalue weighted by atomic mass is 32.2. The smallest absolute Gasteiger partial charge is 0.313 e. The number of hydrogen-bond donors (Lipinski definition) is 2. The molecule has 0 saturated heterocycles. The summed E-state index contributed by atoms with van der Waals surface area (Å²) in [5.74, 6) is -1.09. The predicted molar refractivity (Wildman–Crippen MR) is 81.0 cm³/mol. The molecule has 0 aliphatic rings. The first-order chi connectivity index (χ1) is 9.95. The molecule has 0 radical (unpaired) electrons. The molecule has 0 fully saturated rings. The molecule has 2 N–H and O–H groups in total. The van der Waals surface area contributed by atoms with Crippen LogP contribution < -0.4 is 5.32 Å². The standard InChI is InChI=1S/C14H15N3O3S/c1-9-7-17(14(15-9)21-8-13(19)20)12-5-3-4-11(6-12)16-10(2)18/h3-7H,8H2,1-2H3,(H,16,18)(H,19,20). The zero-order valence-corrected chi connectivity index (χ0v) is 12.5. The number of imidazole rings is 1. The first-order valence-electron chi connectivity index (χ1n) is 6.24. The SMILES string of the molecule is CC(=O)Nc1cccc(-n2cc(C)nc2SCC(=O)O)c1. The number of hydrogen-bond acceptors (Lipinski definition) is 4. The van der Waals surface area contributed by atoms with Gasteiger partial charge >= 0.3 is 5.97 Å². The maximum absolute atomic E-state index is 11.1. The van der Waals surface area contributed by atoms with E-state index in [2.05, 4.69) is 10.3 Å². The van der Waals surface area contributed by atoms with Crippen molar-refractivity contribution in [3.63, 3.8) is 0 Å². The minimum atomic E-state index is -0.890. The summed E-state index contributed by atoms with van der Waals surface area (Å²) in [7, 11) is 0. The average Bonchev–Trinajstić information content (AvgIpc) is 2.77. The number of benzene rings is 1. The Morgan fingerprint density at radius 1 is 1.43 bits per heavy atom. The topological polar surface area (TPSA) is 84.2 Å². The molecular weight excluding hydrogens is 290 g/mol. The summed E-state index contributed by atoms with van der Waals surface area (Å²) in [5.41, 5.74) is 2.29. The second-order valence-corrected chi connectivity index (χ2v) is 5.39. The van der Waals surface area contributed by atoms with Gasteiger partial charge in [-0.15, -0.1) is 0 Å². The molecule has 1 heterocycles. The highest BCUT2D eigenvalue weighted by Gasteiger charge is 2.10. The van der Waals surface area contributed by atoms with E-state index in [1.54, 1.807) is 6.07 Å². The number of aromatic nitrogens is 2. The molecule has 2 rings (SSSR count). The van der Waals surface area contributed by atoms with Crippen LogP contribution in [0.15, 0.2) is 35.6 Å². The number of carbonyl (C=O) groups excluding carboxylic acids is 1. The average molecular weight is 305 g/mol. The third-order valence-corrected chi connectivity index (χ3v) is 3.50. The molecule has 0 atom stereocenters. The minimum absolute atomic E-state index is 0.0537. The molecule has 2 aromatic rings. The van der Waals surface area contributed by atoms with Crippen LogP contribution in [0.4, 0.5) is 5.69 Å². The van der Waals surface area contributed by atoms with Gasteiger partial charge in [-0.2, -0.15) is 0 Å². The zero-order valence-electron chi connectivity index (χ0n) is 11.7. The molecule has 0 spiro atoms. The first-order valence-corrected chi connectivity index (χ1v) is 7.23. The maximum atomic E-state index is 11.1. The number of carbonyl (C=O) groups is 2. The van der Waals surface area contributed by atoms with Gasteiger partial charge in [0.05, 0.1) is 11.4 Å². The van der Waals surface area contributed by atoms with Crippen LogP contribution >= 0.6 is 11.8 Å². The molecule has 6 nitrogen and oxygen atoms in total. The van der Waals surface area contributed by atoms with Crippen molar-refractivity contribution < 1.29 is 14.7 Å². The highest BCUT2D eigenvalue weighted by molar-refractivity contribution is 7.99. The fraction of sp³-hybridized carbons (Fsp3) is 0.214. The van der Waals surface area contributed by atoms with Crippen molar-refractivity contribution in [3.8, 4) is 5.69 Å². The van der Waals surface area contributed by atoms with Crippen LogP contribution in [-0.4, -0.2) is 32.3 Å². The van der Waals surface area contributed by atoms with Crippen molar-refractivity contribution >= 4 is 29.3 Å². The Labute approximate surface area is 126 Å². The molecule has 0 bridgehead atoms. The summed E-state index contributed by atoms with van der Waals surface area (Å²) in [6.45, 7) is 3.29. The molecule has 1 aromatic carbocycles. The van der Waals surface area contributed by atoms with E-state index >= 15 is 0 Å². The number of carboxylic acids is 1. The number of rotatable bonds is 5. The first kappa shape index (κ1) is 15.1. The van der Waals surface area contributed by atoms with Crippen molar-refractivity contribution in [1.29, 1.82) is 0 Å². The number of anilines is 1. The summed E-state index contributed by atoms with van der Waals surface area (Å²) < 4.78 is 1.81. The van der Waals surface area contributed by atoms with Crippen LogP contribution in [0, 0.1) is 6.92 Å². The molecule has 21 heavy (non-hydrogen) atoms. The van der Waals surface area contributed by atoms with E-state index in [9.17, 15) is 9.59 Å². The fourth-order valence-corrected chi connectivity index (χ4v) is 2.58. The van der Waals surface area contributed by atoms with Gasteiger partial charge in [-0.25, -0.2) is 4.98 Å². The lowest BCUT2D eigenvalue weighted by molar-refractivity contribution is -0.133. The van der Waals surface area contributed by atoms with Gasteiger partial charge < -0.3 is 10.4 Å². The normalized spacial score (nSPS) is 10.4. The molecule has 0 unspecified atom stereocenters. The van der Waals surface area contributed by atoms with Gasteiger partial charge in [0.15, 0.2) is 5.16 Å². The van der Waals surface area contributed by atoms with Crippen LogP contribution in [0.1, 0.15) is 12.6 Å². The quantitative estimate of drug-likeness (QED) is 0.828. The lowest BCUT2D eigenvalue weighted by Crippen LogP contribution is -2.06. The van der Waals surface area contributed by atoms with Gasteiger partial charge in [0, 0.05) is 24.5 Å². The van der Waals surface area contributed by atoms with E-state index < -0.39 is 5.97 Å². The second-order valence-electron chi connectivity index (χ2n) is 4.45. The van der Waals surface area contributed by atoms with E-state index in [0.29, 0.717) is 10.8 Å². The summed E-state index contributed by atoms with van der Waals surface area (Å²) >= 11 is 1.16. The molecule has 1 amide bonds. The summed E-state index contributed by atoms with van der Waals surface area (Å²) in [5, 5.41) is 12.1.